The van der Waals surface area contributed by atoms with Crippen molar-refractivity contribution in [3.63, 3.8) is 0 Å². The van der Waals surface area contributed by atoms with Crippen LogP contribution in [0.15, 0.2) is 24.4 Å². The molecule has 0 bridgehead atoms. The van der Waals surface area contributed by atoms with Crippen molar-refractivity contribution in [2.24, 2.45) is 0 Å². The largest absolute Gasteiger partial charge is 0.345 e. The summed E-state index contributed by atoms with van der Waals surface area (Å²) in [4.78, 5) is 17.7. The zero-order valence-electron chi connectivity index (χ0n) is 10.9. The number of aryl methyl sites for hydroxylation is 1. The Morgan fingerprint density at radius 3 is 2.79 bits per heavy atom. The van der Waals surface area contributed by atoms with Gasteiger partial charge in [-0.2, -0.15) is 0 Å². The molecule has 1 heterocycles. The van der Waals surface area contributed by atoms with Crippen molar-refractivity contribution in [1.29, 1.82) is 0 Å². The number of H-pyrrole nitrogens is 1. The Labute approximate surface area is 111 Å². The van der Waals surface area contributed by atoms with Crippen molar-refractivity contribution in [3.8, 4) is 0 Å². The highest BCUT2D eigenvalue weighted by atomic mass is 16.6. The second-order valence-electron chi connectivity index (χ2n) is 4.42. The molecule has 0 saturated carbocycles. The van der Waals surface area contributed by atoms with E-state index < -0.39 is 0 Å². The number of nitrogens with one attached hydrogen (secondary N) is 2. The van der Waals surface area contributed by atoms with Crippen molar-refractivity contribution in [2.75, 3.05) is 0 Å². The Morgan fingerprint density at radius 1 is 1.37 bits per heavy atom. The molecule has 2 rings (SSSR count). The normalized spacial score (nSPS) is 10.6. The third kappa shape index (κ3) is 3.17. The molecule has 100 valence electrons. The fraction of sp³-hybridized carbons (Fsp3) is 0.308. The van der Waals surface area contributed by atoms with Crippen molar-refractivity contribution >= 4 is 5.69 Å². The van der Waals surface area contributed by atoms with Crippen LogP contribution in [0.3, 0.4) is 0 Å². The molecule has 0 aliphatic heterocycles. The van der Waals surface area contributed by atoms with Crippen LogP contribution in [-0.4, -0.2) is 14.9 Å². The Morgan fingerprint density at radius 2 is 2.16 bits per heavy atom. The van der Waals surface area contributed by atoms with Gasteiger partial charge in [0.25, 0.3) is 5.69 Å². The van der Waals surface area contributed by atoms with E-state index in [2.05, 4.69) is 15.3 Å². The molecule has 6 heteroatoms. The number of aromatic amines is 1. The van der Waals surface area contributed by atoms with Gasteiger partial charge in [0, 0.05) is 36.6 Å². The van der Waals surface area contributed by atoms with Crippen LogP contribution in [0.25, 0.3) is 0 Å². The maximum atomic E-state index is 10.8. The molecule has 2 N–H and O–H groups in total. The molecule has 0 amide bonds. The van der Waals surface area contributed by atoms with Gasteiger partial charge in [0.2, 0.25) is 0 Å². The minimum Gasteiger partial charge on any atom is -0.345 e. The number of nitrogens with zero attached hydrogens (tertiary/aromatic N) is 2. The molecular weight excluding hydrogens is 244 g/mol. The van der Waals surface area contributed by atoms with Crippen LogP contribution in [-0.2, 0) is 13.1 Å². The summed E-state index contributed by atoms with van der Waals surface area (Å²) in [6, 6.07) is 5.13. The topological polar surface area (TPSA) is 83.8 Å². The van der Waals surface area contributed by atoms with Gasteiger partial charge >= 0.3 is 0 Å². The predicted octanol–water partition coefficient (Wildman–Crippen LogP) is 2.22. The molecule has 19 heavy (non-hydrogen) atoms. The number of nitro groups is 1. The third-order valence-corrected chi connectivity index (χ3v) is 3.00. The quantitative estimate of drug-likeness (QED) is 0.637. The number of benzene rings is 1. The molecule has 0 aliphatic carbocycles. The fourth-order valence-corrected chi connectivity index (χ4v) is 1.95. The standard InChI is InChI=1S/C13H16N4O2/c1-9-11(4-3-5-13(9)17(18)19)6-14-7-12-8-15-10(2)16-12/h3-5,8,14H,6-7H2,1-2H3,(H,15,16). The Kier molecular flexibility index (Phi) is 3.91. The smallest absolute Gasteiger partial charge is 0.272 e. The summed E-state index contributed by atoms with van der Waals surface area (Å²) in [5, 5.41) is 14.1. The van der Waals surface area contributed by atoms with Crippen LogP contribution in [0.1, 0.15) is 22.6 Å². The van der Waals surface area contributed by atoms with E-state index in [1.807, 2.05) is 13.0 Å². The molecule has 0 saturated heterocycles. The molecule has 0 fully saturated rings. The van der Waals surface area contributed by atoms with Crippen molar-refractivity contribution in [2.45, 2.75) is 26.9 Å². The summed E-state index contributed by atoms with van der Waals surface area (Å²) in [5.41, 5.74) is 2.81. The molecule has 1 aromatic carbocycles. The van der Waals surface area contributed by atoms with Crippen LogP contribution in [0, 0.1) is 24.0 Å². The van der Waals surface area contributed by atoms with E-state index in [0.717, 1.165) is 17.1 Å². The first-order valence-electron chi connectivity index (χ1n) is 6.02. The van der Waals surface area contributed by atoms with E-state index in [0.29, 0.717) is 18.7 Å². The molecule has 0 radical (unpaired) electrons. The van der Waals surface area contributed by atoms with Crippen molar-refractivity contribution in [1.82, 2.24) is 15.3 Å². The lowest BCUT2D eigenvalue weighted by Gasteiger charge is -2.07. The van der Waals surface area contributed by atoms with Crippen molar-refractivity contribution in [3.05, 3.63) is 57.2 Å². The van der Waals surface area contributed by atoms with E-state index in [-0.39, 0.29) is 10.6 Å². The summed E-state index contributed by atoms with van der Waals surface area (Å²) >= 11 is 0. The summed E-state index contributed by atoms with van der Waals surface area (Å²) in [6.45, 7) is 4.91. The highest BCUT2D eigenvalue weighted by Gasteiger charge is 2.12. The maximum absolute atomic E-state index is 10.8. The Balaban J connectivity index is 2.00. The lowest BCUT2D eigenvalue weighted by Crippen LogP contribution is -2.14. The first kappa shape index (κ1) is 13.2. The van der Waals surface area contributed by atoms with Crippen LogP contribution in [0.4, 0.5) is 5.69 Å². The second-order valence-corrected chi connectivity index (χ2v) is 4.42. The highest BCUT2D eigenvalue weighted by molar-refractivity contribution is 5.44. The van der Waals surface area contributed by atoms with Gasteiger partial charge < -0.3 is 10.3 Å². The average Bonchev–Trinajstić information content (AvgIpc) is 2.77. The van der Waals surface area contributed by atoms with Crippen LogP contribution in [0.2, 0.25) is 0 Å². The van der Waals surface area contributed by atoms with E-state index >= 15 is 0 Å². The van der Waals surface area contributed by atoms with Crippen molar-refractivity contribution < 1.29 is 4.92 Å². The number of hydrogen-bond acceptors (Lipinski definition) is 4. The summed E-state index contributed by atoms with van der Waals surface area (Å²) in [6.07, 6.45) is 1.78. The lowest BCUT2D eigenvalue weighted by molar-refractivity contribution is -0.385. The minimum atomic E-state index is -0.350. The monoisotopic (exact) mass is 260 g/mol. The van der Waals surface area contributed by atoms with Gasteiger partial charge in [-0.15, -0.1) is 0 Å². The average molecular weight is 260 g/mol. The zero-order valence-corrected chi connectivity index (χ0v) is 10.9. The summed E-state index contributed by atoms with van der Waals surface area (Å²) in [7, 11) is 0. The van der Waals surface area contributed by atoms with Gasteiger partial charge in [0.1, 0.15) is 5.82 Å². The van der Waals surface area contributed by atoms with Gasteiger partial charge in [-0.05, 0) is 19.4 Å². The van der Waals surface area contributed by atoms with Gasteiger partial charge in [0.15, 0.2) is 0 Å². The third-order valence-electron chi connectivity index (χ3n) is 3.00. The number of hydrogen-bond donors (Lipinski definition) is 2. The fourth-order valence-electron chi connectivity index (χ4n) is 1.95. The molecule has 0 spiro atoms. The van der Waals surface area contributed by atoms with E-state index in [1.54, 1.807) is 19.2 Å². The molecule has 6 nitrogen and oxygen atoms in total. The zero-order chi connectivity index (χ0) is 13.8. The summed E-state index contributed by atoms with van der Waals surface area (Å²) < 4.78 is 0. The Hall–Kier alpha value is -2.21. The van der Waals surface area contributed by atoms with E-state index in [9.17, 15) is 10.1 Å². The summed E-state index contributed by atoms with van der Waals surface area (Å²) in [5.74, 6) is 0.878. The van der Waals surface area contributed by atoms with Crippen LogP contribution in [0.5, 0.6) is 0 Å². The van der Waals surface area contributed by atoms with Gasteiger partial charge in [-0.1, -0.05) is 12.1 Å². The SMILES string of the molecule is Cc1ncc(CNCc2cccc([N+](=O)[O-])c2C)[nH]1. The number of aromatic nitrogens is 2. The van der Waals surface area contributed by atoms with E-state index in [1.165, 1.54) is 6.07 Å². The van der Waals surface area contributed by atoms with Crippen LogP contribution < -0.4 is 5.32 Å². The molecule has 0 atom stereocenters. The lowest BCUT2D eigenvalue weighted by atomic mass is 10.1. The first-order valence-corrected chi connectivity index (χ1v) is 6.02. The molecular formula is C13H16N4O2. The maximum Gasteiger partial charge on any atom is 0.272 e. The number of nitro benzene ring substituents is 1. The first-order chi connectivity index (χ1) is 9.08. The van der Waals surface area contributed by atoms with Gasteiger partial charge in [-0.25, -0.2) is 4.98 Å². The molecule has 2 aromatic rings. The molecule has 1 aromatic heterocycles. The van der Waals surface area contributed by atoms with E-state index in [4.69, 9.17) is 0 Å². The number of imidazole rings is 1. The molecule has 0 unspecified atom stereocenters. The van der Waals surface area contributed by atoms with Gasteiger partial charge in [-0.3, -0.25) is 10.1 Å². The molecule has 0 aliphatic rings. The number of rotatable bonds is 5. The van der Waals surface area contributed by atoms with Crippen LogP contribution >= 0.6 is 0 Å². The Bertz CT molecular complexity index is 592. The minimum absolute atomic E-state index is 0.164. The highest BCUT2D eigenvalue weighted by Crippen LogP contribution is 2.20. The van der Waals surface area contributed by atoms with Gasteiger partial charge in [0.05, 0.1) is 4.92 Å². The predicted molar refractivity (Wildman–Crippen MR) is 71.7 cm³/mol. The second kappa shape index (κ2) is 5.62.